The molecule has 0 saturated heterocycles. The maximum Gasteiger partial charge on any atom is 0.180 e. The Kier molecular flexibility index (Phi) is 2.10. The third-order valence-corrected chi connectivity index (χ3v) is 1.92. The predicted octanol–water partition coefficient (Wildman–Crippen LogP) is 1.72. The smallest absolute Gasteiger partial charge is 0.180 e. The van der Waals surface area contributed by atoms with Gasteiger partial charge >= 0.3 is 0 Å². The van der Waals surface area contributed by atoms with E-state index in [0.717, 1.165) is 5.56 Å². The van der Waals surface area contributed by atoms with Crippen molar-refractivity contribution >= 4 is 0 Å². The van der Waals surface area contributed by atoms with Crippen LogP contribution in [0.5, 0.6) is 0 Å². The highest BCUT2D eigenvalue weighted by Crippen LogP contribution is 2.17. The van der Waals surface area contributed by atoms with E-state index < -0.39 is 0 Å². The van der Waals surface area contributed by atoms with Crippen molar-refractivity contribution < 1.29 is 4.42 Å². The van der Waals surface area contributed by atoms with Crippen LogP contribution in [0.3, 0.4) is 0 Å². The van der Waals surface area contributed by atoms with Gasteiger partial charge in [0.05, 0.1) is 12.2 Å². The van der Waals surface area contributed by atoms with E-state index in [1.54, 1.807) is 6.20 Å². The molecular weight excluding hydrogens is 164 g/mol. The van der Waals surface area contributed by atoms with Gasteiger partial charge in [0.2, 0.25) is 0 Å². The zero-order chi connectivity index (χ0) is 9.10. The summed E-state index contributed by atoms with van der Waals surface area (Å²) in [7, 11) is 0. The molecule has 0 aliphatic carbocycles. The summed E-state index contributed by atoms with van der Waals surface area (Å²) in [4.78, 5) is 3.82. The summed E-state index contributed by atoms with van der Waals surface area (Å²) in [6.07, 6.45) is 3.02. The summed E-state index contributed by atoms with van der Waals surface area (Å²) < 4.78 is 5.11. The fourth-order valence-corrected chi connectivity index (χ4v) is 1.20. The molecule has 1 heterocycles. The summed E-state index contributed by atoms with van der Waals surface area (Å²) >= 11 is 0. The van der Waals surface area contributed by atoms with Crippen LogP contribution in [0, 0.1) is 0 Å². The molecule has 1 aromatic carbocycles. The number of hydrogen-bond donors (Lipinski definition) is 1. The second-order valence-electron chi connectivity index (χ2n) is 2.79. The van der Waals surface area contributed by atoms with Gasteiger partial charge < -0.3 is 10.2 Å². The number of aromatic nitrogens is 1. The van der Waals surface area contributed by atoms with Crippen LogP contribution in [0.2, 0.25) is 0 Å². The lowest BCUT2D eigenvalue weighted by Crippen LogP contribution is -2.10. The zero-order valence-electron chi connectivity index (χ0n) is 7.05. The Bertz CT molecular complexity index is 356. The molecule has 0 saturated carbocycles. The van der Waals surface area contributed by atoms with Crippen molar-refractivity contribution in [3.8, 4) is 0 Å². The average Bonchev–Trinajstić information content (AvgIpc) is 2.71. The molecule has 13 heavy (non-hydrogen) atoms. The molecule has 0 aliphatic rings. The highest BCUT2D eigenvalue weighted by atomic mass is 16.3. The Morgan fingerprint density at radius 3 is 2.62 bits per heavy atom. The van der Waals surface area contributed by atoms with Crippen LogP contribution in [-0.2, 0) is 0 Å². The van der Waals surface area contributed by atoms with Crippen LogP contribution in [0.4, 0.5) is 0 Å². The number of rotatable bonds is 2. The number of benzene rings is 1. The van der Waals surface area contributed by atoms with Gasteiger partial charge in [-0.3, -0.25) is 0 Å². The van der Waals surface area contributed by atoms with Crippen molar-refractivity contribution in [2.45, 2.75) is 6.04 Å². The van der Waals surface area contributed by atoms with E-state index >= 15 is 0 Å². The maximum absolute atomic E-state index is 5.93. The van der Waals surface area contributed by atoms with E-state index in [4.69, 9.17) is 10.2 Å². The summed E-state index contributed by atoms with van der Waals surface area (Å²) in [5, 5.41) is 0. The van der Waals surface area contributed by atoms with Gasteiger partial charge in [0.15, 0.2) is 6.39 Å². The highest BCUT2D eigenvalue weighted by molar-refractivity contribution is 5.24. The molecule has 2 N–H and O–H groups in total. The minimum absolute atomic E-state index is 0.219. The molecule has 0 aliphatic heterocycles. The standard InChI is InChI=1S/C10H10N2O/c11-10(9-6-12-7-13-9)8-4-2-1-3-5-8/h1-7,10H,11H2. The summed E-state index contributed by atoms with van der Waals surface area (Å²) in [6.45, 7) is 0. The van der Waals surface area contributed by atoms with Crippen molar-refractivity contribution in [1.29, 1.82) is 0 Å². The first-order chi connectivity index (χ1) is 6.38. The van der Waals surface area contributed by atoms with Gasteiger partial charge in [-0.25, -0.2) is 4.98 Å². The van der Waals surface area contributed by atoms with Crippen molar-refractivity contribution in [3.05, 3.63) is 54.2 Å². The molecule has 2 aromatic rings. The van der Waals surface area contributed by atoms with E-state index in [2.05, 4.69) is 4.98 Å². The molecule has 0 bridgehead atoms. The molecule has 0 radical (unpaired) electrons. The number of nitrogens with two attached hydrogens (primary N) is 1. The Hall–Kier alpha value is -1.61. The molecule has 3 heteroatoms. The van der Waals surface area contributed by atoms with E-state index in [0.29, 0.717) is 5.76 Å². The molecule has 1 aromatic heterocycles. The summed E-state index contributed by atoms with van der Waals surface area (Å²) in [5.74, 6) is 0.686. The molecule has 66 valence electrons. The minimum atomic E-state index is -0.219. The van der Waals surface area contributed by atoms with Crippen LogP contribution in [0.25, 0.3) is 0 Å². The van der Waals surface area contributed by atoms with Crippen LogP contribution in [0.15, 0.2) is 47.3 Å². The topological polar surface area (TPSA) is 52.0 Å². The predicted molar refractivity (Wildman–Crippen MR) is 49.0 cm³/mol. The monoisotopic (exact) mass is 174 g/mol. The van der Waals surface area contributed by atoms with Crippen molar-refractivity contribution in [3.63, 3.8) is 0 Å². The summed E-state index contributed by atoms with van der Waals surface area (Å²) in [5.41, 5.74) is 6.95. The zero-order valence-corrected chi connectivity index (χ0v) is 7.05. The Labute approximate surface area is 76.2 Å². The van der Waals surface area contributed by atoms with Crippen molar-refractivity contribution in [1.82, 2.24) is 4.98 Å². The van der Waals surface area contributed by atoms with Gasteiger partial charge in [-0.1, -0.05) is 30.3 Å². The average molecular weight is 174 g/mol. The Balaban J connectivity index is 2.29. The normalized spacial score (nSPS) is 12.7. The lowest BCUT2D eigenvalue weighted by molar-refractivity contribution is 0.485. The summed E-state index contributed by atoms with van der Waals surface area (Å²) in [6, 6.07) is 9.57. The fraction of sp³-hybridized carbons (Fsp3) is 0.100. The maximum atomic E-state index is 5.93. The molecule has 1 atom stereocenters. The van der Waals surface area contributed by atoms with E-state index in [1.807, 2.05) is 30.3 Å². The minimum Gasteiger partial charge on any atom is -0.446 e. The molecule has 1 unspecified atom stereocenters. The van der Waals surface area contributed by atoms with Gasteiger partial charge in [-0.15, -0.1) is 0 Å². The lowest BCUT2D eigenvalue weighted by Gasteiger charge is -2.07. The first kappa shape index (κ1) is 8.01. The largest absolute Gasteiger partial charge is 0.446 e. The number of oxazole rings is 1. The first-order valence-electron chi connectivity index (χ1n) is 4.07. The molecule has 3 nitrogen and oxygen atoms in total. The molecular formula is C10H10N2O. The number of nitrogens with zero attached hydrogens (tertiary/aromatic N) is 1. The van der Waals surface area contributed by atoms with Crippen LogP contribution in [-0.4, -0.2) is 4.98 Å². The lowest BCUT2D eigenvalue weighted by atomic mass is 10.1. The first-order valence-corrected chi connectivity index (χ1v) is 4.07. The fourth-order valence-electron chi connectivity index (χ4n) is 1.20. The van der Waals surface area contributed by atoms with Crippen LogP contribution < -0.4 is 5.73 Å². The third kappa shape index (κ3) is 1.60. The molecule has 0 spiro atoms. The van der Waals surface area contributed by atoms with Crippen LogP contribution >= 0.6 is 0 Å². The van der Waals surface area contributed by atoms with Gasteiger partial charge in [0.1, 0.15) is 5.76 Å². The third-order valence-electron chi connectivity index (χ3n) is 1.92. The number of hydrogen-bond acceptors (Lipinski definition) is 3. The quantitative estimate of drug-likeness (QED) is 0.754. The van der Waals surface area contributed by atoms with Crippen LogP contribution in [0.1, 0.15) is 17.4 Å². The van der Waals surface area contributed by atoms with Gasteiger partial charge in [-0.05, 0) is 5.56 Å². The van der Waals surface area contributed by atoms with Gasteiger partial charge in [0.25, 0.3) is 0 Å². The second-order valence-corrected chi connectivity index (χ2v) is 2.79. The van der Waals surface area contributed by atoms with E-state index in [9.17, 15) is 0 Å². The molecule has 2 rings (SSSR count). The molecule has 0 amide bonds. The Morgan fingerprint density at radius 1 is 1.23 bits per heavy atom. The van der Waals surface area contributed by atoms with Crippen molar-refractivity contribution in [2.24, 2.45) is 5.73 Å². The van der Waals surface area contributed by atoms with Crippen molar-refractivity contribution in [2.75, 3.05) is 0 Å². The SMILES string of the molecule is NC(c1ccccc1)c1cnco1. The Morgan fingerprint density at radius 2 is 2.00 bits per heavy atom. The van der Waals surface area contributed by atoms with Gasteiger partial charge in [-0.2, -0.15) is 0 Å². The second kappa shape index (κ2) is 3.41. The van der Waals surface area contributed by atoms with E-state index in [1.165, 1.54) is 6.39 Å². The highest BCUT2D eigenvalue weighted by Gasteiger charge is 2.10. The molecule has 0 fully saturated rings. The van der Waals surface area contributed by atoms with E-state index in [-0.39, 0.29) is 6.04 Å². The van der Waals surface area contributed by atoms with Gasteiger partial charge in [0, 0.05) is 0 Å².